The van der Waals surface area contributed by atoms with Gasteiger partial charge >= 0.3 is 0 Å². The van der Waals surface area contributed by atoms with Crippen molar-refractivity contribution in [3.8, 4) is 0 Å². The number of hydrogen-bond acceptors (Lipinski definition) is 4. The van der Waals surface area contributed by atoms with Gasteiger partial charge in [0.05, 0.1) is 18.0 Å². The number of nitrogens with one attached hydrogen (secondary N) is 1. The Labute approximate surface area is 74.2 Å². The van der Waals surface area contributed by atoms with Gasteiger partial charge in [0, 0.05) is 6.07 Å². The van der Waals surface area contributed by atoms with Crippen molar-refractivity contribution >= 4 is 17.1 Å². The minimum absolute atomic E-state index is 0.0144. The van der Waals surface area contributed by atoms with E-state index in [4.69, 9.17) is 5.53 Å². The van der Waals surface area contributed by atoms with Crippen molar-refractivity contribution in [2.24, 2.45) is 5.11 Å². The van der Waals surface area contributed by atoms with Gasteiger partial charge in [-0.05, 0) is 6.07 Å². The molecule has 6 nitrogen and oxygen atoms in total. The fourth-order valence-corrected chi connectivity index (χ4v) is 0.989. The second-order valence-corrected chi connectivity index (χ2v) is 2.40. The lowest BCUT2D eigenvalue weighted by atomic mass is 10.2. The standard InChI is InChI=1S/C7H8N4O2/c1-9-7-4-5(11(12)13)2-3-6(7)10-8/h2-4,8-9H,1H3/p+1. The molecule has 0 atom stereocenters. The van der Waals surface area contributed by atoms with Crippen LogP contribution >= 0.6 is 0 Å². The molecule has 0 bridgehead atoms. The number of rotatable bonds is 3. The predicted octanol–water partition coefficient (Wildman–Crippen LogP) is 1.08. The quantitative estimate of drug-likeness (QED) is 0.316. The summed E-state index contributed by atoms with van der Waals surface area (Å²) in [5.74, 6) is 0. The fourth-order valence-electron chi connectivity index (χ4n) is 0.989. The molecule has 0 spiro atoms. The van der Waals surface area contributed by atoms with Crippen LogP contribution in [-0.4, -0.2) is 12.0 Å². The Balaban J connectivity index is 3.20. The molecule has 1 rings (SSSR count). The molecule has 0 unspecified atom stereocenters. The second-order valence-electron chi connectivity index (χ2n) is 2.40. The molecule has 1 aromatic carbocycles. The van der Waals surface area contributed by atoms with Gasteiger partial charge in [-0.2, -0.15) is 5.11 Å². The van der Waals surface area contributed by atoms with Gasteiger partial charge in [-0.1, -0.05) is 0 Å². The van der Waals surface area contributed by atoms with Crippen molar-refractivity contribution in [1.29, 1.82) is 5.53 Å². The molecule has 6 heteroatoms. The molecule has 0 amide bonds. The molecule has 13 heavy (non-hydrogen) atoms. The molecule has 0 aliphatic heterocycles. The highest BCUT2D eigenvalue weighted by atomic mass is 16.6. The van der Waals surface area contributed by atoms with Gasteiger partial charge in [-0.15, -0.1) is 0 Å². The monoisotopic (exact) mass is 181 g/mol. The summed E-state index contributed by atoms with van der Waals surface area (Å²) in [6.45, 7) is 0. The predicted molar refractivity (Wildman–Crippen MR) is 45.4 cm³/mol. The van der Waals surface area contributed by atoms with Gasteiger partial charge in [0.1, 0.15) is 5.69 Å². The first kappa shape index (κ1) is 9.27. The maximum absolute atomic E-state index is 10.4. The zero-order valence-corrected chi connectivity index (χ0v) is 7.02. The van der Waals surface area contributed by atoms with Crippen LogP contribution in [0.1, 0.15) is 0 Å². The van der Waals surface area contributed by atoms with E-state index in [0.717, 1.165) is 0 Å². The lowest BCUT2D eigenvalue weighted by Gasteiger charge is -1.97. The van der Waals surface area contributed by atoms with Gasteiger partial charge in [0.25, 0.3) is 5.69 Å². The maximum Gasteiger partial charge on any atom is 0.275 e. The number of hydrogen-bond donors (Lipinski definition) is 2. The molecule has 0 aliphatic rings. The van der Waals surface area contributed by atoms with E-state index in [2.05, 4.69) is 5.11 Å². The second kappa shape index (κ2) is 3.72. The van der Waals surface area contributed by atoms with Gasteiger partial charge in [-0.3, -0.25) is 10.1 Å². The van der Waals surface area contributed by atoms with E-state index >= 15 is 0 Å². The summed E-state index contributed by atoms with van der Waals surface area (Å²) in [5.41, 5.74) is 7.85. The Morgan fingerprint density at radius 2 is 2.31 bits per heavy atom. The van der Waals surface area contributed by atoms with Gasteiger partial charge < -0.3 is 5.32 Å². The first-order valence-electron chi connectivity index (χ1n) is 3.64. The van der Waals surface area contributed by atoms with Crippen molar-refractivity contribution in [3.63, 3.8) is 0 Å². The van der Waals surface area contributed by atoms with Crippen LogP contribution in [0, 0.1) is 15.6 Å². The van der Waals surface area contributed by atoms with Gasteiger partial charge in [0.15, 0.2) is 5.69 Å². The van der Waals surface area contributed by atoms with E-state index in [-0.39, 0.29) is 5.69 Å². The third kappa shape index (κ3) is 1.85. The summed E-state index contributed by atoms with van der Waals surface area (Å²) in [5, 5.41) is 15.3. The molecule has 0 heterocycles. The lowest BCUT2D eigenvalue weighted by molar-refractivity contribution is -0.539. The molecule has 0 aromatic heterocycles. The Kier molecular flexibility index (Phi) is 2.65. The number of benzene rings is 1. The van der Waals surface area contributed by atoms with Crippen molar-refractivity contribution in [2.45, 2.75) is 0 Å². The van der Waals surface area contributed by atoms with Crippen molar-refractivity contribution in [1.82, 2.24) is 0 Å². The molecule has 0 aliphatic carbocycles. The van der Waals surface area contributed by atoms with Crippen LogP contribution in [0.5, 0.6) is 0 Å². The Hall–Kier alpha value is -1.82. The smallest absolute Gasteiger partial charge is 0.275 e. The number of quaternary nitrogens is 1. The van der Waals surface area contributed by atoms with Gasteiger partial charge in [0.2, 0.25) is 0 Å². The van der Waals surface area contributed by atoms with Crippen LogP contribution in [0.3, 0.4) is 0 Å². The summed E-state index contributed by atoms with van der Waals surface area (Å²) < 4.78 is 0. The highest BCUT2D eigenvalue weighted by Gasteiger charge is 2.11. The topological polar surface area (TPSA) is 96.0 Å². The van der Waals surface area contributed by atoms with Crippen LogP contribution in [0.25, 0.3) is 0 Å². The minimum atomic E-state index is -0.472. The average Bonchev–Trinajstić information content (AvgIpc) is 2.16. The number of nitrogens with two attached hydrogens (primary N) is 1. The summed E-state index contributed by atoms with van der Waals surface area (Å²) in [4.78, 5) is 9.91. The number of nitro benzene ring substituents is 1. The third-order valence-corrected chi connectivity index (χ3v) is 1.65. The summed E-state index contributed by atoms with van der Waals surface area (Å²) in [7, 11) is 1.74. The van der Waals surface area contributed by atoms with E-state index in [1.807, 2.05) is 0 Å². The molecule has 0 saturated carbocycles. The van der Waals surface area contributed by atoms with Gasteiger partial charge in [-0.25, -0.2) is 5.53 Å². The minimum Gasteiger partial charge on any atom is -0.314 e. The summed E-state index contributed by atoms with van der Waals surface area (Å²) in [6, 6.07) is 4.19. The first-order valence-corrected chi connectivity index (χ1v) is 3.64. The van der Waals surface area contributed by atoms with Crippen LogP contribution in [0.4, 0.5) is 17.1 Å². The molecule has 3 N–H and O–H groups in total. The largest absolute Gasteiger partial charge is 0.314 e. The normalized spacial score (nSPS) is 9.62. The zero-order valence-electron chi connectivity index (χ0n) is 7.02. The van der Waals surface area contributed by atoms with Crippen molar-refractivity contribution in [3.05, 3.63) is 28.3 Å². The molecule has 0 radical (unpaired) electrons. The van der Waals surface area contributed by atoms with E-state index < -0.39 is 4.92 Å². The average molecular weight is 181 g/mol. The van der Waals surface area contributed by atoms with Crippen LogP contribution in [-0.2, 0) is 0 Å². The van der Waals surface area contributed by atoms with E-state index in [0.29, 0.717) is 11.4 Å². The first-order chi connectivity index (χ1) is 6.19. The van der Waals surface area contributed by atoms with E-state index in [1.165, 1.54) is 18.2 Å². The number of nitrogens with zero attached hydrogens (tertiary/aromatic N) is 2. The van der Waals surface area contributed by atoms with E-state index in [1.54, 1.807) is 12.4 Å². The van der Waals surface area contributed by atoms with Crippen LogP contribution in [0.2, 0.25) is 0 Å². The van der Waals surface area contributed by atoms with Crippen LogP contribution < -0.4 is 5.32 Å². The Bertz CT molecular complexity index is 350. The van der Waals surface area contributed by atoms with Crippen molar-refractivity contribution < 1.29 is 10.2 Å². The molecule has 68 valence electrons. The highest BCUT2D eigenvalue weighted by molar-refractivity contribution is 5.60. The number of nitro groups is 1. The molecule has 0 saturated heterocycles. The summed E-state index contributed by atoms with van der Waals surface area (Å²) >= 11 is 0. The van der Waals surface area contributed by atoms with Crippen LogP contribution in [0.15, 0.2) is 23.3 Å². The molecular weight excluding hydrogens is 172 g/mol. The lowest BCUT2D eigenvalue weighted by Crippen LogP contribution is -2.72. The fraction of sp³-hybridized carbons (Fsp3) is 0.143. The SMILES string of the molecule is C[NH2+]c1cc([N+](=O)[O-])ccc1N=N. The van der Waals surface area contributed by atoms with E-state index in [9.17, 15) is 10.1 Å². The highest BCUT2D eigenvalue weighted by Crippen LogP contribution is 2.25. The zero-order chi connectivity index (χ0) is 9.84. The molecule has 0 fully saturated rings. The maximum atomic E-state index is 10.4. The Morgan fingerprint density at radius 3 is 2.77 bits per heavy atom. The van der Waals surface area contributed by atoms with Crippen molar-refractivity contribution in [2.75, 3.05) is 7.05 Å². The molecular formula is C7H9N4O2+. The number of non-ortho nitro benzene ring substituents is 1. The summed E-state index contributed by atoms with van der Waals surface area (Å²) in [6.07, 6.45) is 0. The third-order valence-electron chi connectivity index (χ3n) is 1.65. The Morgan fingerprint density at radius 1 is 1.62 bits per heavy atom. The molecule has 1 aromatic rings.